The molecule has 0 nitrogen and oxygen atoms in total. The first-order chi connectivity index (χ1) is 8.60. The molecule has 0 spiro atoms. The van der Waals surface area contributed by atoms with Crippen molar-refractivity contribution in [3.8, 4) is 0 Å². The molecule has 4 atom stereocenters. The SMILES string of the molecule is Br.Br.CCCP(CCP(CCC)C(C)CC)C(C)CC. The molecular formula is C16H38Br2P2. The van der Waals surface area contributed by atoms with Crippen molar-refractivity contribution in [1.82, 2.24) is 0 Å². The van der Waals surface area contributed by atoms with Crippen LogP contribution in [0, 0.1) is 0 Å². The molecule has 4 unspecified atom stereocenters. The third-order valence-corrected chi connectivity index (χ3v) is 11.3. The molecule has 4 heteroatoms. The fourth-order valence-electron chi connectivity index (χ4n) is 2.45. The fourth-order valence-corrected chi connectivity index (χ4v) is 8.90. The van der Waals surface area contributed by atoms with Gasteiger partial charge < -0.3 is 0 Å². The molecule has 20 heavy (non-hydrogen) atoms. The summed E-state index contributed by atoms with van der Waals surface area (Å²) in [4.78, 5) is 0. The summed E-state index contributed by atoms with van der Waals surface area (Å²) in [6.45, 7) is 14.5. The molecule has 0 aromatic rings. The first-order valence-corrected chi connectivity index (χ1v) is 11.6. The van der Waals surface area contributed by atoms with Gasteiger partial charge in [-0.3, -0.25) is 0 Å². The summed E-state index contributed by atoms with van der Waals surface area (Å²) < 4.78 is 0. The van der Waals surface area contributed by atoms with Crippen LogP contribution in [-0.2, 0) is 0 Å². The van der Waals surface area contributed by atoms with Crippen LogP contribution in [-0.4, -0.2) is 36.0 Å². The quantitative estimate of drug-likeness (QED) is 0.285. The number of hydrogen-bond donors (Lipinski definition) is 0. The van der Waals surface area contributed by atoms with Crippen LogP contribution >= 0.6 is 49.8 Å². The van der Waals surface area contributed by atoms with Gasteiger partial charge in [-0.15, -0.1) is 49.8 Å². The lowest BCUT2D eigenvalue weighted by Gasteiger charge is -2.29. The van der Waals surface area contributed by atoms with Crippen molar-refractivity contribution in [2.75, 3.05) is 24.6 Å². The van der Waals surface area contributed by atoms with E-state index in [4.69, 9.17) is 0 Å². The van der Waals surface area contributed by atoms with Gasteiger partial charge in [0.05, 0.1) is 0 Å². The molecule has 0 aliphatic carbocycles. The van der Waals surface area contributed by atoms with E-state index in [1.54, 1.807) is 12.3 Å². The van der Waals surface area contributed by atoms with Gasteiger partial charge in [0.15, 0.2) is 0 Å². The van der Waals surface area contributed by atoms with Crippen LogP contribution in [0.3, 0.4) is 0 Å². The Balaban J connectivity index is -0.00000144. The minimum Gasteiger partial charge on any atom is -0.114 e. The minimum atomic E-state index is 0. The van der Waals surface area contributed by atoms with Gasteiger partial charge in [-0.25, -0.2) is 0 Å². The zero-order chi connectivity index (χ0) is 14.0. The Morgan fingerprint density at radius 3 is 1.10 bits per heavy atom. The van der Waals surface area contributed by atoms with Gasteiger partial charge in [0.25, 0.3) is 0 Å². The van der Waals surface area contributed by atoms with E-state index in [0.29, 0.717) is 15.8 Å². The molecule has 0 heterocycles. The van der Waals surface area contributed by atoms with Gasteiger partial charge in [0.1, 0.15) is 0 Å². The Morgan fingerprint density at radius 1 is 0.600 bits per heavy atom. The highest BCUT2D eigenvalue weighted by Crippen LogP contribution is 2.50. The van der Waals surface area contributed by atoms with Gasteiger partial charge in [0.2, 0.25) is 0 Å². The Labute approximate surface area is 152 Å². The fraction of sp³-hybridized carbons (Fsp3) is 1.00. The summed E-state index contributed by atoms with van der Waals surface area (Å²) in [5.74, 6) is 0. The summed E-state index contributed by atoms with van der Waals surface area (Å²) in [6.07, 6.45) is 11.7. The van der Waals surface area contributed by atoms with E-state index >= 15 is 0 Å². The number of halogens is 2. The average Bonchev–Trinajstić information content (AvgIpc) is 2.40. The van der Waals surface area contributed by atoms with Crippen molar-refractivity contribution in [1.29, 1.82) is 0 Å². The minimum absolute atomic E-state index is 0. The molecule has 0 N–H and O–H groups in total. The van der Waals surface area contributed by atoms with Crippen LogP contribution in [0.15, 0.2) is 0 Å². The Bertz CT molecular complexity index is 171. The lowest BCUT2D eigenvalue weighted by molar-refractivity contribution is 0.873. The maximum atomic E-state index is 2.49. The summed E-state index contributed by atoms with van der Waals surface area (Å²) in [5, 5.41) is 0. The maximum Gasteiger partial charge on any atom is -0.0240 e. The van der Waals surface area contributed by atoms with Crippen molar-refractivity contribution in [2.45, 2.75) is 78.5 Å². The summed E-state index contributed by atoms with van der Waals surface area (Å²) >= 11 is 0. The Hall–Kier alpha value is 1.82. The monoisotopic (exact) mass is 450 g/mol. The van der Waals surface area contributed by atoms with Crippen LogP contribution in [0.1, 0.15) is 67.2 Å². The zero-order valence-electron chi connectivity index (χ0n) is 14.5. The molecule has 0 rings (SSSR count). The Morgan fingerprint density at radius 2 is 0.900 bits per heavy atom. The molecule has 126 valence electrons. The number of hydrogen-bond acceptors (Lipinski definition) is 0. The van der Waals surface area contributed by atoms with Crippen molar-refractivity contribution < 1.29 is 0 Å². The van der Waals surface area contributed by atoms with E-state index in [1.165, 1.54) is 38.0 Å². The Kier molecular flexibility index (Phi) is 22.9. The predicted molar refractivity (Wildman–Crippen MR) is 114 cm³/mol. The van der Waals surface area contributed by atoms with Crippen LogP contribution in [0.5, 0.6) is 0 Å². The standard InChI is InChI=1S/C16H36P2.2BrH/c1-7-11-17(15(5)9-3)13-14-18(12-8-2)16(6)10-4;;/h15-16H,7-14H2,1-6H3;2*1H. The van der Waals surface area contributed by atoms with Gasteiger partial charge in [-0.05, 0) is 48.8 Å². The molecule has 0 fully saturated rings. The second-order valence-electron chi connectivity index (χ2n) is 5.59. The third kappa shape index (κ3) is 11.4. The van der Waals surface area contributed by atoms with E-state index in [2.05, 4.69) is 41.5 Å². The second kappa shape index (κ2) is 17.2. The molecule has 0 radical (unpaired) electrons. The first kappa shape index (κ1) is 26.7. The highest BCUT2D eigenvalue weighted by molar-refractivity contribution is 8.93. The molecule has 0 aliphatic rings. The molecule has 0 bridgehead atoms. The third-order valence-electron chi connectivity index (χ3n) is 4.12. The molecule has 0 saturated carbocycles. The molecular weight excluding hydrogens is 414 g/mol. The van der Waals surface area contributed by atoms with Crippen LogP contribution in [0.25, 0.3) is 0 Å². The van der Waals surface area contributed by atoms with Gasteiger partial charge in [-0.2, -0.15) is 0 Å². The van der Waals surface area contributed by atoms with E-state index in [1.807, 2.05) is 0 Å². The predicted octanol–water partition coefficient (Wildman–Crippen LogP) is 7.52. The van der Waals surface area contributed by atoms with Crippen LogP contribution in [0.2, 0.25) is 0 Å². The molecule has 0 amide bonds. The van der Waals surface area contributed by atoms with Gasteiger partial charge in [-0.1, -0.05) is 54.4 Å². The molecule has 0 saturated heterocycles. The van der Waals surface area contributed by atoms with Crippen molar-refractivity contribution in [3.05, 3.63) is 0 Å². The summed E-state index contributed by atoms with van der Waals surface area (Å²) in [7, 11) is 0.642. The van der Waals surface area contributed by atoms with Gasteiger partial charge >= 0.3 is 0 Å². The summed E-state index contributed by atoms with van der Waals surface area (Å²) in [6, 6.07) is 0. The van der Waals surface area contributed by atoms with Crippen molar-refractivity contribution in [3.63, 3.8) is 0 Å². The van der Waals surface area contributed by atoms with E-state index < -0.39 is 0 Å². The topological polar surface area (TPSA) is 0 Å². The smallest absolute Gasteiger partial charge is 0.0240 e. The maximum absolute atomic E-state index is 2.49. The van der Waals surface area contributed by atoms with Crippen molar-refractivity contribution >= 4 is 49.8 Å². The highest BCUT2D eigenvalue weighted by Gasteiger charge is 2.19. The normalized spacial score (nSPS) is 16.5. The van der Waals surface area contributed by atoms with Crippen molar-refractivity contribution in [2.24, 2.45) is 0 Å². The van der Waals surface area contributed by atoms with Gasteiger partial charge in [0, 0.05) is 0 Å². The molecule has 0 aromatic heterocycles. The second-order valence-corrected chi connectivity index (χ2v) is 11.5. The zero-order valence-corrected chi connectivity index (χ0v) is 19.7. The largest absolute Gasteiger partial charge is 0.114 e. The molecule has 0 aliphatic heterocycles. The van der Waals surface area contributed by atoms with Crippen LogP contribution in [0.4, 0.5) is 0 Å². The number of rotatable bonds is 11. The van der Waals surface area contributed by atoms with E-state index in [0.717, 1.165) is 11.3 Å². The van der Waals surface area contributed by atoms with E-state index in [9.17, 15) is 0 Å². The first-order valence-electron chi connectivity index (χ1n) is 8.08. The average molecular weight is 452 g/mol. The highest BCUT2D eigenvalue weighted by atomic mass is 79.9. The molecule has 0 aromatic carbocycles. The summed E-state index contributed by atoms with van der Waals surface area (Å²) in [5.41, 5.74) is 1.99. The van der Waals surface area contributed by atoms with Crippen LogP contribution < -0.4 is 0 Å². The lowest BCUT2D eigenvalue weighted by atomic mass is 10.4. The lowest BCUT2D eigenvalue weighted by Crippen LogP contribution is -2.10. The van der Waals surface area contributed by atoms with E-state index in [-0.39, 0.29) is 34.0 Å².